The molecule has 0 unspecified atom stereocenters. The molecule has 0 amide bonds. The molecule has 1 aromatic carbocycles. The number of benzene rings is 1. The van der Waals surface area contributed by atoms with E-state index in [1.165, 1.54) is 17.3 Å². The zero-order valence-electron chi connectivity index (χ0n) is 11.9. The molecule has 2 heterocycles. The summed E-state index contributed by atoms with van der Waals surface area (Å²) in [6, 6.07) is 11.8. The highest BCUT2D eigenvalue weighted by Gasteiger charge is 2.07. The third-order valence-corrected chi connectivity index (χ3v) is 3.92. The van der Waals surface area contributed by atoms with Crippen LogP contribution in [-0.2, 0) is 12.3 Å². The number of aromatic nitrogens is 4. The normalized spacial score (nSPS) is 10.7. The second-order valence-electron chi connectivity index (χ2n) is 4.75. The number of nitrogens with zero attached hydrogens (tertiary/aromatic N) is 4. The Morgan fingerprint density at radius 1 is 1.05 bits per heavy atom. The largest absolute Gasteiger partial charge is 0.383 e. The maximum atomic E-state index is 5.68. The molecule has 0 aliphatic rings. The molecule has 112 valence electrons. The van der Waals surface area contributed by atoms with E-state index in [1.807, 2.05) is 24.4 Å². The van der Waals surface area contributed by atoms with Gasteiger partial charge < -0.3 is 16.0 Å². The molecule has 0 spiro atoms. The van der Waals surface area contributed by atoms with Gasteiger partial charge in [-0.2, -0.15) is 0 Å². The van der Waals surface area contributed by atoms with Crippen LogP contribution in [0.3, 0.4) is 0 Å². The summed E-state index contributed by atoms with van der Waals surface area (Å²) in [7, 11) is 0. The lowest BCUT2D eigenvalue weighted by Gasteiger charge is -2.08. The Hall–Kier alpha value is -2.54. The van der Waals surface area contributed by atoms with Gasteiger partial charge in [0.15, 0.2) is 5.16 Å². The van der Waals surface area contributed by atoms with Crippen molar-refractivity contribution in [2.24, 2.45) is 0 Å². The van der Waals surface area contributed by atoms with E-state index < -0.39 is 0 Å². The van der Waals surface area contributed by atoms with E-state index in [1.54, 1.807) is 12.3 Å². The molecule has 3 aromatic rings. The number of rotatable bonds is 5. The van der Waals surface area contributed by atoms with Crippen LogP contribution in [-0.4, -0.2) is 19.5 Å². The van der Waals surface area contributed by atoms with Gasteiger partial charge in [0.25, 0.3) is 0 Å². The van der Waals surface area contributed by atoms with Gasteiger partial charge in [-0.1, -0.05) is 42.1 Å². The number of nitrogens with two attached hydrogens (primary N) is 2. The molecular formula is C15H16N6S. The predicted octanol–water partition coefficient (Wildman–Crippen LogP) is 2.18. The number of anilines is 2. The van der Waals surface area contributed by atoms with Crippen LogP contribution >= 0.6 is 11.8 Å². The van der Waals surface area contributed by atoms with Gasteiger partial charge in [-0.15, -0.1) is 0 Å². The second-order valence-corrected chi connectivity index (χ2v) is 5.69. The summed E-state index contributed by atoms with van der Waals surface area (Å²) in [5.41, 5.74) is 12.6. The summed E-state index contributed by atoms with van der Waals surface area (Å²) in [4.78, 5) is 12.7. The molecule has 0 aliphatic heterocycles. The molecule has 0 atom stereocenters. The summed E-state index contributed by atoms with van der Waals surface area (Å²) < 4.78 is 2.11. The SMILES string of the molecule is Nc1cc(N)nc(SCc2nccn2Cc2ccccc2)n1. The van der Waals surface area contributed by atoms with Gasteiger partial charge >= 0.3 is 0 Å². The van der Waals surface area contributed by atoms with Crippen molar-refractivity contribution < 1.29 is 0 Å². The highest BCUT2D eigenvalue weighted by molar-refractivity contribution is 7.98. The summed E-state index contributed by atoms with van der Waals surface area (Å²) in [6.45, 7) is 0.788. The minimum absolute atomic E-state index is 0.377. The second kappa shape index (κ2) is 6.48. The van der Waals surface area contributed by atoms with Gasteiger partial charge in [-0.05, 0) is 5.56 Å². The van der Waals surface area contributed by atoms with Crippen LogP contribution in [0.1, 0.15) is 11.4 Å². The first-order valence-electron chi connectivity index (χ1n) is 6.77. The quantitative estimate of drug-likeness (QED) is 0.554. The maximum absolute atomic E-state index is 5.68. The minimum atomic E-state index is 0.377. The highest BCUT2D eigenvalue weighted by Crippen LogP contribution is 2.20. The fourth-order valence-corrected chi connectivity index (χ4v) is 2.90. The molecule has 0 fully saturated rings. The monoisotopic (exact) mass is 312 g/mol. The summed E-state index contributed by atoms with van der Waals surface area (Å²) in [5.74, 6) is 2.37. The van der Waals surface area contributed by atoms with Crippen molar-refractivity contribution in [2.75, 3.05) is 11.5 Å². The van der Waals surface area contributed by atoms with Gasteiger partial charge in [-0.3, -0.25) is 0 Å². The topological polar surface area (TPSA) is 95.6 Å². The van der Waals surface area contributed by atoms with Crippen LogP contribution in [0.4, 0.5) is 11.6 Å². The Balaban J connectivity index is 1.70. The van der Waals surface area contributed by atoms with Crippen molar-refractivity contribution in [3.63, 3.8) is 0 Å². The molecule has 2 aromatic heterocycles. The number of nitrogen functional groups attached to an aromatic ring is 2. The van der Waals surface area contributed by atoms with Crippen molar-refractivity contribution in [1.82, 2.24) is 19.5 Å². The van der Waals surface area contributed by atoms with E-state index in [9.17, 15) is 0 Å². The van der Waals surface area contributed by atoms with Crippen LogP contribution in [0.2, 0.25) is 0 Å². The Morgan fingerprint density at radius 3 is 2.50 bits per heavy atom. The highest BCUT2D eigenvalue weighted by atomic mass is 32.2. The van der Waals surface area contributed by atoms with Crippen molar-refractivity contribution in [3.05, 3.63) is 60.2 Å². The van der Waals surface area contributed by atoms with Crippen molar-refractivity contribution in [2.45, 2.75) is 17.5 Å². The van der Waals surface area contributed by atoms with E-state index in [-0.39, 0.29) is 0 Å². The van der Waals surface area contributed by atoms with E-state index in [0.29, 0.717) is 22.5 Å². The van der Waals surface area contributed by atoms with Crippen molar-refractivity contribution in [1.29, 1.82) is 0 Å². The van der Waals surface area contributed by atoms with Gasteiger partial charge in [0.05, 0.1) is 5.75 Å². The first-order valence-corrected chi connectivity index (χ1v) is 7.76. The lowest BCUT2D eigenvalue weighted by atomic mass is 10.2. The lowest BCUT2D eigenvalue weighted by Crippen LogP contribution is -2.04. The van der Waals surface area contributed by atoms with Crippen LogP contribution in [0.5, 0.6) is 0 Å². The van der Waals surface area contributed by atoms with Gasteiger partial charge in [0.2, 0.25) is 0 Å². The average Bonchev–Trinajstić information content (AvgIpc) is 2.92. The molecular weight excluding hydrogens is 296 g/mol. The predicted molar refractivity (Wildman–Crippen MR) is 88.2 cm³/mol. The Morgan fingerprint density at radius 2 is 1.77 bits per heavy atom. The molecule has 7 heteroatoms. The first kappa shape index (κ1) is 14.4. The van der Waals surface area contributed by atoms with Crippen LogP contribution < -0.4 is 11.5 Å². The summed E-state index contributed by atoms with van der Waals surface area (Å²) in [6.07, 6.45) is 3.77. The third-order valence-electron chi connectivity index (χ3n) is 3.07. The van der Waals surface area contributed by atoms with Crippen LogP contribution in [0.25, 0.3) is 0 Å². The fraction of sp³-hybridized carbons (Fsp3) is 0.133. The summed E-state index contributed by atoms with van der Waals surface area (Å²) in [5, 5.41) is 0.562. The Kier molecular flexibility index (Phi) is 4.24. The number of hydrogen-bond acceptors (Lipinski definition) is 6. The molecule has 4 N–H and O–H groups in total. The minimum Gasteiger partial charge on any atom is -0.383 e. The van der Waals surface area contributed by atoms with E-state index >= 15 is 0 Å². The first-order chi connectivity index (χ1) is 10.7. The van der Waals surface area contributed by atoms with Crippen molar-refractivity contribution in [3.8, 4) is 0 Å². The third kappa shape index (κ3) is 3.56. The van der Waals surface area contributed by atoms with E-state index in [0.717, 1.165) is 12.4 Å². The van der Waals surface area contributed by atoms with Gasteiger partial charge in [0, 0.05) is 25.0 Å². The Bertz CT molecular complexity index is 735. The smallest absolute Gasteiger partial charge is 0.191 e. The Labute approximate surface area is 132 Å². The van der Waals surface area contributed by atoms with E-state index in [4.69, 9.17) is 11.5 Å². The van der Waals surface area contributed by atoms with Crippen LogP contribution in [0, 0.1) is 0 Å². The molecule has 0 saturated heterocycles. The number of imidazole rings is 1. The lowest BCUT2D eigenvalue weighted by molar-refractivity contribution is 0.756. The zero-order valence-corrected chi connectivity index (χ0v) is 12.7. The van der Waals surface area contributed by atoms with E-state index in [2.05, 4.69) is 31.7 Å². The molecule has 3 rings (SSSR count). The van der Waals surface area contributed by atoms with Gasteiger partial charge in [-0.25, -0.2) is 15.0 Å². The number of thioether (sulfide) groups is 1. The molecule has 0 saturated carbocycles. The van der Waals surface area contributed by atoms with Crippen LogP contribution in [0.15, 0.2) is 53.9 Å². The zero-order chi connectivity index (χ0) is 15.4. The molecule has 0 aliphatic carbocycles. The molecule has 22 heavy (non-hydrogen) atoms. The molecule has 0 radical (unpaired) electrons. The standard InChI is InChI=1S/C15H16N6S/c16-12-8-13(17)20-15(19-12)22-10-14-18-6-7-21(14)9-11-4-2-1-3-5-11/h1-8H,9-10H2,(H4,16,17,19,20). The van der Waals surface area contributed by atoms with Gasteiger partial charge in [0.1, 0.15) is 17.5 Å². The fourth-order valence-electron chi connectivity index (χ4n) is 2.06. The average molecular weight is 312 g/mol. The van der Waals surface area contributed by atoms with Crippen molar-refractivity contribution >= 4 is 23.4 Å². The number of hydrogen-bond donors (Lipinski definition) is 2. The summed E-state index contributed by atoms with van der Waals surface area (Å²) >= 11 is 1.47. The maximum Gasteiger partial charge on any atom is 0.191 e. The molecule has 0 bridgehead atoms. The molecule has 6 nitrogen and oxygen atoms in total.